The number of rotatable bonds is 7. The molecule has 0 heterocycles. The molecule has 0 aliphatic carbocycles. The van der Waals surface area contributed by atoms with Crippen LogP contribution in [0.15, 0.2) is 24.3 Å². The summed E-state index contributed by atoms with van der Waals surface area (Å²) in [4.78, 5) is 36.9. The van der Waals surface area contributed by atoms with Crippen LogP contribution in [-0.2, 0) is 14.3 Å². The molecule has 0 saturated heterocycles. The average molecular weight is 378 g/mol. The Morgan fingerprint density at radius 1 is 1.11 bits per heavy atom. The van der Waals surface area contributed by atoms with Crippen molar-refractivity contribution in [2.75, 3.05) is 0 Å². The molecule has 7 heteroatoms. The van der Waals surface area contributed by atoms with E-state index in [4.69, 9.17) is 15.2 Å². The topological polar surface area (TPSA) is 108 Å². The number of esters is 2. The zero-order chi connectivity index (χ0) is 20.8. The maximum atomic E-state index is 12.6. The Morgan fingerprint density at radius 2 is 1.70 bits per heavy atom. The van der Waals surface area contributed by atoms with Gasteiger partial charge >= 0.3 is 11.9 Å². The Hall–Kier alpha value is -2.41. The highest BCUT2D eigenvalue weighted by molar-refractivity contribution is 5.94. The van der Waals surface area contributed by atoms with E-state index in [0.29, 0.717) is 6.42 Å². The van der Waals surface area contributed by atoms with Gasteiger partial charge in [0.1, 0.15) is 23.0 Å². The van der Waals surface area contributed by atoms with E-state index in [-0.39, 0.29) is 17.2 Å². The third-order valence-corrected chi connectivity index (χ3v) is 3.44. The quantitative estimate of drug-likeness (QED) is 0.557. The van der Waals surface area contributed by atoms with Crippen molar-refractivity contribution in [3.63, 3.8) is 0 Å². The summed E-state index contributed by atoms with van der Waals surface area (Å²) in [7, 11) is 0. The zero-order valence-corrected chi connectivity index (χ0v) is 16.9. The van der Waals surface area contributed by atoms with Crippen molar-refractivity contribution in [3.8, 4) is 5.75 Å². The molecule has 0 aliphatic heterocycles. The van der Waals surface area contributed by atoms with Gasteiger partial charge in [0.15, 0.2) is 0 Å². The highest BCUT2D eigenvalue weighted by Gasteiger charge is 2.27. The van der Waals surface area contributed by atoms with E-state index in [1.165, 1.54) is 19.1 Å². The van der Waals surface area contributed by atoms with Gasteiger partial charge in [-0.2, -0.15) is 0 Å². The van der Waals surface area contributed by atoms with E-state index in [0.717, 1.165) is 0 Å². The lowest BCUT2D eigenvalue weighted by atomic mass is 10.0. The van der Waals surface area contributed by atoms with Crippen molar-refractivity contribution in [2.24, 2.45) is 11.7 Å². The van der Waals surface area contributed by atoms with E-state index in [9.17, 15) is 14.4 Å². The van der Waals surface area contributed by atoms with Crippen LogP contribution in [0.1, 0.15) is 58.3 Å². The molecule has 0 fully saturated rings. The number of nitrogens with two attached hydrogens (primary N) is 1. The lowest BCUT2D eigenvalue weighted by Crippen LogP contribution is -2.49. The number of para-hydroxylation sites is 1. The van der Waals surface area contributed by atoms with Gasteiger partial charge in [0.05, 0.1) is 6.04 Å². The summed E-state index contributed by atoms with van der Waals surface area (Å²) < 4.78 is 10.8. The van der Waals surface area contributed by atoms with Gasteiger partial charge in [0.2, 0.25) is 5.91 Å². The number of hydrogen-bond donors (Lipinski definition) is 2. The molecule has 0 aromatic heterocycles. The number of benzene rings is 1. The molecule has 3 N–H and O–H groups in total. The largest absolute Gasteiger partial charge is 0.456 e. The van der Waals surface area contributed by atoms with Crippen LogP contribution in [0.4, 0.5) is 0 Å². The second-order valence-corrected chi connectivity index (χ2v) is 7.90. The van der Waals surface area contributed by atoms with Crippen molar-refractivity contribution in [1.82, 2.24) is 5.32 Å². The van der Waals surface area contributed by atoms with Gasteiger partial charge in [0, 0.05) is 0 Å². The monoisotopic (exact) mass is 378 g/mol. The summed E-state index contributed by atoms with van der Waals surface area (Å²) in [5.41, 5.74) is 5.03. The maximum Gasteiger partial charge on any atom is 0.342 e. The standard InChI is InChI=1S/C20H30N2O5/c1-12(2)11-15(22-17(23)13(3)21)19(25)26-16-10-8-7-9-14(16)18(24)27-20(4,5)6/h7-10,12-13,15H,11,21H2,1-6H3,(H,22,23)/t13-,15-/m0/s1. The first kappa shape index (κ1) is 22.6. The normalized spacial score (nSPS) is 13.6. The SMILES string of the molecule is CC(C)C[C@H](NC(=O)[C@H](C)N)C(=O)Oc1ccccc1C(=O)OC(C)(C)C. The summed E-state index contributed by atoms with van der Waals surface area (Å²) in [5.74, 6) is -1.48. The summed E-state index contributed by atoms with van der Waals surface area (Å²) in [5, 5.41) is 2.60. The molecule has 0 bridgehead atoms. The van der Waals surface area contributed by atoms with Gasteiger partial charge in [0.25, 0.3) is 0 Å². The van der Waals surface area contributed by atoms with Crippen LogP contribution in [-0.4, -0.2) is 35.5 Å². The van der Waals surface area contributed by atoms with Gasteiger partial charge in [-0.25, -0.2) is 9.59 Å². The molecule has 1 amide bonds. The Morgan fingerprint density at radius 3 is 2.22 bits per heavy atom. The van der Waals surface area contributed by atoms with Gasteiger partial charge in [-0.1, -0.05) is 26.0 Å². The van der Waals surface area contributed by atoms with Crippen molar-refractivity contribution in [2.45, 2.75) is 65.6 Å². The number of carbonyl (C=O) groups excluding carboxylic acids is 3. The third-order valence-electron chi connectivity index (χ3n) is 3.44. The zero-order valence-electron chi connectivity index (χ0n) is 16.9. The van der Waals surface area contributed by atoms with Crippen LogP contribution in [0.2, 0.25) is 0 Å². The van der Waals surface area contributed by atoms with E-state index in [1.54, 1.807) is 32.9 Å². The second kappa shape index (κ2) is 9.50. The predicted molar refractivity (Wildman–Crippen MR) is 102 cm³/mol. The first-order chi connectivity index (χ1) is 12.4. The lowest BCUT2D eigenvalue weighted by Gasteiger charge is -2.22. The van der Waals surface area contributed by atoms with Crippen LogP contribution in [0.3, 0.4) is 0 Å². The Balaban J connectivity index is 3.01. The predicted octanol–water partition coefficient (Wildman–Crippen LogP) is 2.43. The summed E-state index contributed by atoms with van der Waals surface area (Å²) in [6.45, 7) is 10.6. The molecular formula is C20H30N2O5. The van der Waals surface area contributed by atoms with Crippen LogP contribution in [0, 0.1) is 5.92 Å². The average Bonchev–Trinajstić information content (AvgIpc) is 2.52. The maximum absolute atomic E-state index is 12.6. The minimum Gasteiger partial charge on any atom is -0.456 e. The molecule has 7 nitrogen and oxygen atoms in total. The molecular weight excluding hydrogens is 348 g/mol. The summed E-state index contributed by atoms with van der Waals surface area (Å²) in [6.07, 6.45) is 0.381. The molecule has 0 saturated carbocycles. The first-order valence-corrected chi connectivity index (χ1v) is 9.00. The lowest BCUT2D eigenvalue weighted by molar-refractivity contribution is -0.140. The third kappa shape index (κ3) is 7.78. The fourth-order valence-corrected chi connectivity index (χ4v) is 2.23. The Kier molecular flexibility index (Phi) is 7.97. The van der Waals surface area contributed by atoms with Crippen molar-refractivity contribution < 1.29 is 23.9 Å². The highest BCUT2D eigenvalue weighted by atomic mass is 16.6. The number of hydrogen-bond acceptors (Lipinski definition) is 6. The van der Waals surface area contributed by atoms with E-state index in [1.807, 2.05) is 13.8 Å². The molecule has 150 valence electrons. The smallest absolute Gasteiger partial charge is 0.342 e. The molecule has 0 radical (unpaired) electrons. The molecule has 1 aromatic carbocycles. The molecule has 0 aliphatic rings. The summed E-state index contributed by atoms with van der Waals surface area (Å²) >= 11 is 0. The van der Waals surface area contributed by atoms with E-state index < -0.39 is 35.5 Å². The van der Waals surface area contributed by atoms with Crippen LogP contribution in [0.25, 0.3) is 0 Å². The Labute approximate surface area is 160 Å². The van der Waals surface area contributed by atoms with E-state index in [2.05, 4.69) is 5.32 Å². The number of amides is 1. The number of carbonyl (C=O) groups is 3. The minimum absolute atomic E-state index is 0.0838. The summed E-state index contributed by atoms with van der Waals surface area (Å²) in [6, 6.07) is 4.72. The van der Waals surface area contributed by atoms with Gasteiger partial charge < -0.3 is 20.5 Å². The number of nitrogens with one attached hydrogen (secondary N) is 1. The first-order valence-electron chi connectivity index (χ1n) is 9.00. The van der Waals surface area contributed by atoms with Crippen molar-refractivity contribution in [3.05, 3.63) is 29.8 Å². The number of ether oxygens (including phenoxy) is 2. The fraction of sp³-hybridized carbons (Fsp3) is 0.550. The van der Waals surface area contributed by atoms with Gasteiger partial charge in [-0.05, 0) is 52.2 Å². The van der Waals surface area contributed by atoms with Crippen LogP contribution >= 0.6 is 0 Å². The molecule has 1 aromatic rings. The molecule has 27 heavy (non-hydrogen) atoms. The van der Waals surface area contributed by atoms with Crippen LogP contribution < -0.4 is 15.8 Å². The highest BCUT2D eigenvalue weighted by Crippen LogP contribution is 2.22. The molecule has 2 atom stereocenters. The Bertz CT molecular complexity index is 677. The molecule has 0 spiro atoms. The minimum atomic E-state index is -0.866. The van der Waals surface area contributed by atoms with E-state index >= 15 is 0 Å². The van der Waals surface area contributed by atoms with Gasteiger partial charge in [-0.3, -0.25) is 4.79 Å². The van der Waals surface area contributed by atoms with Crippen molar-refractivity contribution in [1.29, 1.82) is 0 Å². The fourth-order valence-electron chi connectivity index (χ4n) is 2.23. The van der Waals surface area contributed by atoms with Gasteiger partial charge in [-0.15, -0.1) is 0 Å². The van der Waals surface area contributed by atoms with Crippen molar-refractivity contribution >= 4 is 17.8 Å². The second-order valence-electron chi connectivity index (χ2n) is 7.90. The van der Waals surface area contributed by atoms with Crippen LogP contribution in [0.5, 0.6) is 5.75 Å². The molecule has 0 unspecified atom stereocenters. The molecule has 1 rings (SSSR count).